The van der Waals surface area contributed by atoms with Crippen molar-refractivity contribution in [1.29, 1.82) is 0 Å². The van der Waals surface area contributed by atoms with Gasteiger partial charge < -0.3 is 14.2 Å². The van der Waals surface area contributed by atoms with Crippen molar-refractivity contribution >= 4 is 5.91 Å². The minimum atomic E-state index is 0.126. The number of piperidine rings is 1. The third-order valence-electron chi connectivity index (χ3n) is 6.53. The summed E-state index contributed by atoms with van der Waals surface area (Å²) in [6.07, 6.45) is 10.3. The molecule has 2 aromatic rings. The molecule has 28 heavy (non-hydrogen) atoms. The highest BCUT2D eigenvalue weighted by atomic mass is 16.3. The molecule has 4 rings (SSSR count). The normalized spacial score (nSPS) is 19.6. The van der Waals surface area contributed by atoms with Crippen LogP contribution in [0.3, 0.4) is 0 Å². The molecule has 0 atom stereocenters. The maximum atomic E-state index is 13.4. The Morgan fingerprint density at radius 1 is 1.04 bits per heavy atom. The summed E-state index contributed by atoms with van der Waals surface area (Å²) in [7, 11) is 2.15. The first-order chi connectivity index (χ1) is 13.7. The summed E-state index contributed by atoms with van der Waals surface area (Å²) in [5.74, 6) is 1.65. The van der Waals surface area contributed by atoms with E-state index in [1.165, 1.54) is 37.7 Å². The van der Waals surface area contributed by atoms with E-state index >= 15 is 0 Å². The Balaban J connectivity index is 1.50. The maximum absolute atomic E-state index is 13.4. The average molecular weight is 381 g/mol. The molecule has 1 saturated carbocycles. The molecule has 2 fully saturated rings. The highest BCUT2D eigenvalue weighted by Crippen LogP contribution is 2.32. The van der Waals surface area contributed by atoms with Gasteiger partial charge in [-0.2, -0.15) is 0 Å². The Labute approximate surface area is 168 Å². The molecule has 1 amide bonds. The lowest BCUT2D eigenvalue weighted by atomic mass is 9.84. The number of carbonyl (C=O) groups excluding carboxylic acids is 1. The van der Waals surface area contributed by atoms with Gasteiger partial charge in [-0.25, -0.2) is 0 Å². The molecule has 1 aliphatic heterocycles. The van der Waals surface area contributed by atoms with Gasteiger partial charge in [-0.1, -0.05) is 31.4 Å². The number of benzene rings is 1. The van der Waals surface area contributed by atoms with E-state index < -0.39 is 0 Å². The van der Waals surface area contributed by atoms with E-state index in [0.717, 1.165) is 37.3 Å². The molecule has 1 aromatic carbocycles. The van der Waals surface area contributed by atoms with Crippen LogP contribution >= 0.6 is 0 Å². The summed E-state index contributed by atoms with van der Waals surface area (Å²) < 4.78 is 5.56. The largest absolute Gasteiger partial charge is 0.467 e. The van der Waals surface area contributed by atoms with Crippen molar-refractivity contribution < 1.29 is 9.21 Å². The van der Waals surface area contributed by atoms with Crippen molar-refractivity contribution in [3.05, 3.63) is 59.5 Å². The molecule has 4 nitrogen and oxygen atoms in total. The van der Waals surface area contributed by atoms with E-state index in [9.17, 15) is 4.79 Å². The van der Waals surface area contributed by atoms with E-state index in [0.29, 0.717) is 12.5 Å². The van der Waals surface area contributed by atoms with Crippen LogP contribution in [0, 0.1) is 0 Å². The molecule has 1 aromatic heterocycles. The summed E-state index contributed by atoms with van der Waals surface area (Å²) in [4.78, 5) is 17.8. The second kappa shape index (κ2) is 8.95. The van der Waals surface area contributed by atoms with E-state index in [1.54, 1.807) is 6.26 Å². The molecule has 0 radical (unpaired) electrons. The van der Waals surface area contributed by atoms with Crippen molar-refractivity contribution in [2.45, 2.75) is 63.5 Å². The summed E-state index contributed by atoms with van der Waals surface area (Å²) in [6.45, 7) is 2.62. The fourth-order valence-corrected chi connectivity index (χ4v) is 4.74. The Hall–Kier alpha value is -2.07. The third-order valence-corrected chi connectivity index (χ3v) is 6.53. The van der Waals surface area contributed by atoms with Gasteiger partial charge in [0.2, 0.25) is 0 Å². The number of hydrogen-bond acceptors (Lipinski definition) is 3. The summed E-state index contributed by atoms with van der Waals surface area (Å²) in [5.41, 5.74) is 2.19. The zero-order chi connectivity index (χ0) is 19.3. The Morgan fingerprint density at radius 2 is 1.75 bits per heavy atom. The number of nitrogens with zero attached hydrogens (tertiary/aromatic N) is 2. The fraction of sp³-hybridized carbons (Fsp3) is 0.542. The van der Waals surface area contributed by atoms with Crippen molar-refractivity contribution in [1.82, 2.24) is 9.80 Å². The molecule has 2 heterocycles. The van der Waals surface area contributed by atoms with Crippen LogP contribution in [0.1, 0.15) is 72.5 Å². The van der Waals surface area contributed by atoms with Gasteiger partial charge in [-0.3, -0.25) is 4.79 Å². The van der Waals surface area contributed by atoms with Gasteiger partial charge in [0.15, 0.2) is 0 Å². The van der Waals surface area contributed by atoms with E-state index in [-0.39, 0.29) is 11.9 Å². The Morgan fingerprint density at radius 3 is 2.39 bits per heavy atom. The first kappa shape index (κ1) is 19.3. The highest BCUT2D eigenvalue weighted by molar-refractivity contribution is 5.94. The molecule has 150 valence electrons. The van der Waals surface area contributed by atoms with Gasteiger partial charge in [-0.15, -0.1) is 0 Å². The van der Waals surface area contributed by atoms with Crippen LogP contribution < -0.4 is 0 Å². The number of carbonyl (C=O) groups is 1. The van der Waals surface area contributed by atoms with Crippen LogP contribution in [0.15, 0.2) is 47.1 Å². The number of likely N-dealkylation sites (tertiary alicyclic amines) is 1. The van der Waals surface area contributed by atoms with Gasteiger partial charge in [-0.05, 0) is 81.6 Å². The van der Waals surface area contributed by atoms with Crippen molar-refractivity contribution in [3.8, 4) is 0 Å². The molecule has 1 saturated heterocycles. The third kappa shape index (κ3) is 4.49. The summed E-state index contributed by atoms with van der Waals surface area (Å²) in [5, 5.41) is 0. The molecular weight excluding hydrogens is 348 g/mol. The highest BCUT2D eigenvalue weighted by Gasteiger charge is 2.28. The first-order valence-electron chi connectivity index (χ1n) is 10.8. The SMILES string of the molecule is CN1CCC(N(Cc2ccco2)C(=O)c2ccc(C3CCCCC3)cc2)CC1. The van der Waals surface area contributed by atoms with Crippen LogP contribution in [0.5, 0.6) is 0 Å². The lowest BCUT2D eigenvalue weighted by molar-refractivity contribution is 0.0550. The first-order valence-corrected chi connectivity index (χ1v) is 10.8. The van der Waals surface area contributed by atoms with Gasteiger partial charge in [0, 0.05) is 11.6 Å². The quantitative estimate of drug-likeness (QED) is 0.727. The minimum Gasteiger partial charge on any atom is -0.467 e. The average Bonchev–Trinajstić information content (AvgIpc) is 3.26. The molecule has 0 spiro atoms. The maximum Gasteiger partial charge on any atom is 0.254 e. The lowest BCUT2D eigenvalue weighted by Crippen LogP contribution is -2.46. The van der Waals surface area contributed by atoms with E-state index in [4.69, 9.17) is 4.42 Å². The van der Waals surface area contributed by atoms with Gasteiger partial charge >= 0.3 is 0 Å². The van der Waals surface area contributed by atoms with Crippen molar-refractivity contribution in [2.24, 2.45) is 0 Å². The monoisotopic (exact) mass is 380 g/mol. The second-order valence-corrected chi connectivity index (χ2v) is 8.50. The van der Waals surface area contributed by atoms with Crippen LogP contribution in [0.4, 0.5) is 0 Å². The molecule has 0 bridgehead atoms. The van der Waals surface area contributed by atoms with Gasteiger partial charge in [0.05, 0.1) is 12.8 Å². The number of furan rings is 1. The van der Waals surface area contributed by atoms with Crippen LogP contribution in [-0.4, -0.2) is 41.9 Å². The van der Waals surface area contributed by atoms with Gasteiger partial charge in [0.1, 0.15) is 5.76 Å². The molecular formula is C24H32N2O2. The minimum absolute atomic E-state index is 0.126. The number of rotatable bonds is 5. The second-order valence-electron chi connectivity index (χ2n) is 8.50. The molecule has 1 aliphatic carbocycles. The Kier molecular flexibility index (Phi) is 6.16. The standard InChI is InChI=1S/C24H32N2O2/c1-25-15-13-22(14-16-25)26(18-23-8-5-17-28-23)24(27)21-11-9-20(10-12-21)19-6-3-2-4-7-19/h5,8-12,17,19,22H,2-4,6-7,13-16,18H2,1H3. The fourth-order valence-electron chi connectivity index (χ4n) is 4.74. The predicted octanol–water partition coefficient (Wildman–Crippen LogP) is 5.06. The zero-order valence-corrected chi connectivity index (χ0v) is 17.0. The topological polar surface area (TPSA) is 36.7 Å². The molecule has 0 N–H and O–H groups in total. The van der Waals surface area contributed by atoms with Crippen LogP contribution in [0.2, 0.25) is 0 Å². The number of hydrogen-bond donors (Lipinski definition) is 0. The molecule has 2 aliphatic rings. The smallest absolute Gasteiger partial charge is 0.254 e. The number of amides is 1. The lowest BCUT2D eigenvalue weighted by Gasteiger charge is -2.37. The van der Waals surface area contributed by atoms with Gasteiger partial charge in [0.25, 0.3) is 5.91 Å². The van der Waals surface area contributed by atoms with E-state index in [1.807, 2.05) is 29.2 Å². The van der Waals surface area contributed by atoms with E-state index in [2.05, 4.69) is 24.1 Å². The van der Waals surface area contributed by atoms with Crippen LogP contribution in [0.25, 0.3) is 0 Å². The molecule has 4 heteroatoms. The van der Waals surface area contributed by atoms with Crippen molar-refractivity contribution in [3.63, 3.8) is 0 Å². The summed E-state index contributed by atoms with van der Waals surface area (Å²) in [6, 6.07) is 12.6. The molecule has 0 unspecified atom stereocenters. The van der Waals surface area contributed by atoms with Crippen molar-refractivity contribution in [2.75, 3.05) is 20.1 Å². The zero-order valence-electron chi connectivity index (χ0n) is 17.0. The Bertz CT molecular complexity index is 739. The van der Waals surface area contributed by atoms with Crippen LogP contribution in [-0.2, 0) is 6.54 Å². The predicted molar refractivity (Wildman–Crippen MR) is 111 cm³/mol. The summed E-state index contributed by atoms with van der Waals surface area (Å²) >= 11 is 0.